The molecule has 3 aromatic rings. The van der Waals surface area contributed by atoms with Gasteiger partial charge in [-0.1, -0.05) is 41.9 Å². The molecule has 4 rings (SSSR count). The van der Waals surface area contributed by atoms with Crippen molar-refractivity contribution in [3.63, 3.8) is 0 Å². The number of fused-ring (bicyclic) bond motifs is 1. The van der Waals surface area contributed by atoms with Gasteiger partial charge in [-0.25, -0.2) is 0 Å². The number of carboxylic acid groups (broad SMARTS) is 1. The maximum Gasteiger partial charge on any atom is 0.317 e. The highest BCUT2D eigenvalue weighted by atomic mass is 35.5. The first-order valence-electron chi connectivity index (χ1n) is 11.7. The molecule has 0 amide bonds. The molecule has 0 saturated carbocycles. The maximum absolute atomic E-state index is 12.8. The monoisotopic (exact) mass is 548 g/mol. The molecular formula is C26H25ClO11. The lowest BCUT2D eigenvalue weighted by Crippen LogP contribution is -2.60. The van der Waals surface area contributed by atoms with E-state index in [1.807, 2.05) is 30.3 Å². The fourth-order valence-corrected chi connectivity index (χ4v) is 4.23. The molecule has 202 valence electrons. The van der Waals surface area contributed by atoms with Gasteiger partial charge in [0.15, 0.2) is 11.0 Å². The predicted octanol–water partition coefficient (Wildman–Crippen LogP) is 1.44. The van der Waals surface area contributed by atoms with Gasteiger partial charge in [-0.05, 0) is 18.1 Å². The highest BCUT2D eigenvalue weighted by molar-refractivity contribution is 6.35. The van der Waals surface area contributed by atoms with Crippen molar-refractivity contribution in [3.05, 3.63) is 75.1 Å². The zero-order valence-electron chi connectivity index (χ0n) is 19.9. The molecule has 0 radical (unpaired) electrons. The molecule has 1 aliphatic rings. The van der Waals surface area contributed by atoms with Gasteiger partial charge in [-0.3, -0.25) is 14.4 Å². The van der Waals surface area contributed by atoms with Gasteiger partial charge < -0.3 is 39.1 Å². The van der Waals surface area contributed by atoms with Crippen molar-refractivity contribution in [2.24, 2.45) is 0 Å². The summed E-state index contributed by atoms with van der Waals surface area (Å²) in [7, 11) is 0. The van der Waals surface area contributed by atoms with E-state index in [1.165, 1.54) is 18.2 Å². The molecule has 1 saturated heterocycles. The van der Waals surface area contributed by atoms with E-state index in [4.69, 9.17) is 35.3 Å². The number of hydrogen-bond donors (Lipinski definition) is 4. The van der Waals surface area contributed by atoms with Gasteiger partial charge in [-0.2, -0.15) is 0 Å². The second-order valence-electron chi connectivity index (χ2n) is 8.73. The van der Waals surface area contributed by atoms with Crippen LogP contribution in [0.1, 0.15) is 17.7 Å². The largest absolute Gasteiger partial charge is 0.481 e. The van der Waals surface area contributed by atoms with Gasteiger partial charge in [-0.15, -0.1) is 0 Å². The fourth-order valence-electron chi connectivity index (χ4n) is 3.98. The summed E-state index contributed by atoms with van der Waals surface area (Å²) in [4.78, 5) is 35.0. The number of aliphatic hydroxyl groups is 3. The number of rotatable bonds is 9. The van der Waals surface area contributed by atoms with Crippen molar-refractivity contribution in [1.82, 2.24) is 0 Å². The lowest BCUT2D eigenvalue weighted by molar-refractivity contribution is -0.278. The van der Waals surface area contributed by atoms with E-state index in [-0.39, 0.29) is 27.2 Å². The van der Waals surface area contributed by atoms with Crippen LogP contribution in [0.25, 0.3) is 11.0 Å². The number of benzene rings is 2. The molecule has 0 spiro atoms. The van der Waals surface area contributed by atoms with E-state index in [0.29, 0.717) is 18.6 Å². The molecule has 4 N–H and O–H groups in total. The van der Waals surface area contributed by atoms with Gasteiger partial charge in [0.05, 0.1) is 10.4 Å². The predicted molar refractivity (Wildman–Crippen MR) is 132 cm³/mol. The number of aliphatic carboxylic acids is 1. The summed E-state index contributed by atoms with van der Waals surface area (Å²) in [5.41, 5.74) is 0.863. The van der Waals surface area contributed by atoms with Crippen LogP contribution in [0.5, 0.6) is 5.75 Å². The Kier molecular flexibility index (Phi) is 8.65. The maximum atomic E-state index is 12.8. The number of carbonyl (C=O) groups excluding carboxylic acids is 1. The summed E-state index contributed by atoms with van der Waals surface area (Å²) < 4.78 is 21.7. The standard InChI is InChI=1S/C26H25ClO11/c27-17-9-15(8-16-18(28)10-14(36-25(16)17)7-6-13-4-2-1-3-5-13)37-26-24(34)23(33)22(32)19(38-26)12-35-21(31)11-20(29)30/h1-5,8-10,19,22-24,26,32-34H,6-7,11-12H2,(H,29,30)/t19-,22-,23+,24-,26-/m1/s1. The molecule has 11 nitrogen and oxygen atoms in total. The summed E-state index contributed by atoms with van der Waals surface area (Å²) in [5.74, 6) is -2.04. The topological polar surface area (TPSA) is 173 Å². The molecule has 38 heavy (non-hydrogen) atoms. The van der Waals surface area contributed by atoms with E-state index in [9.17, 15) is 29.7 Å². The molecular weight excluding hydrogens is 524 g/mol. The van der Waals surface area contributed by atoms with Crippen LogP contribution < -0.4 is 10.2 Å². The fraction of sp³-hybridized carbons (Fsp3) is 0.346. The third-order valence-electron chi connectivity index (χ3n) is 5.94. The first-order valence-corrected chi connectivity index (χ1v) is 12.0. The first kappa shape index (κ1) is 27.6. The van der Waals surface area contributed by atoms with E-state index < -0.39 is 55.7 Å². The molecule has 0 unspecified atom stereocenters. The van der Waals surface area contributed by atoms with Crippen molar-refractivity contribution in [1.29, 1.82) is 0 Å². The summed E-state index contributed by atoms with van der Waals surface area (Å²) in [6.07, 6.45) is -7.79. The van der Waals surface area contributed by atoms with Gasteiger partial charge in [0, 0.05) is 18.6 Å². The Balaban J connectivity index is 1.49. The number of esters is 1. The molecule has 1 aromatic heterocycles. The normalized spacial score (nSPS) is 23.2. The quantitative estimate of drug-likeness (QED) is 0.225. The molecule has 5 atom stereocenters. The third kappa shape index (κ3) is 6.50. The van der Waals surface area contributed by atoms with Crippen molar-refractivity contribution >= 4 is 34.5 Å². The Morgan fingerprint density at radius 3 is 2.42 bits per heavy atom. The average molecular weight is 549 g/mol. The Bertz CT molecular complexity index is 1360. The van der Waals surface area contributed by atoms with E-state index in [1.54, 1.807) is 0 Å². The van der Waals surface area contributed by atoms with E-state index >= 15 is 0 Å². The minimum atomic E-state index is -1.75. The minimum absolute atomic E-state index is 0.00102. The van der Waals surface area contributed by atoms with Crippen molar-refractivity contribution in [2.45, 2.75) is 50.0 Å². The number of carbonyl (C=O) groups is 2. The molecule has 1 fully saturated rings. The van der Waals surface area contributed by atoms with Gasteiger partial charge in [0.25, 0.3) is 0 Å². The Morgan fingerprint density at radius 1 is 0.974 bits per heavy atom. The number of carboxylic acids is 1. The minimum Gasteiger partial charge on any atom is -0.481 e. The van der Waals surface area contributed by atoms with Crippen LogP contribution >= 0.6 is 11.6 Å². The van der Waals surface area contributed by atoms with Gasteiger partial charge in [0.1, 0.15) is 49.0 Å². The Labute approximate surface area is 220 Å². The average Bonchev–Trinajstić information content (AvgIpc) is 2.88. The second-order valence-corrected chi connectivity index (χ2v) is 9.14. The highest BCUT2D eigenvalue weighted by Crippen LogP contribution is 2.31. The first-order chi connectivity index (χ1) is 18.1. The summed E-state index contributed by atoms with van der Waals surface area (Å²) in [6.45, 7) is -0.606. The smallest absolute Gasteiger partial charge is 0.317 e. The van der Waals surface area contributed by atoms with Crippen molar-refractivity contribution in [3.8, 4) is 5.75 Å². The van der Waals surface area contributed by atoms with Crippen LogP contribution in [0.15, 0.2) is 57.7 Å². The molecule has 0 aliphatic carbocycles. The van der Waals surface area contributed by atoms with Gasteiger partial charge >= 0.3 is 11.9 Å². The Hall–Kier alpha value is -3.48. The lowest BCUT2D eigenvalue weighted by atomic mass is 9.99. The van der Waals surface area contributed by atoms with Crippen LogP contribution in [-0.2, 0) is 31.9 Å². The van der Waals surface area contributed by atoms with Crippen LogP contribution in [0, 0.1) is 0 Å². The number of hydrogen-bond acceptors (Lipinski definition) is 10. The van der Waals surface area contributed by atoms with Crippen molar-refractivity contribution in [2.75, 3.05) is 6.61 Å². The highest BCUT2D eigenvalue weighted by Gasteiger charge is 2.45. The molecule has 12 heteroatoms. The summed E-state index contributed by atoms with van der Waals surface area (Å²) >= 11 is 6.37. The zero-order chi connectivity index (χ0) is 27.4. The number of ether oxygens (including phenoxy) is 3. The SMILES string of the molecule is O=C(O)CC(=O)OC[C@H]1O[C@@H](Oc2cc(Cl)c3oc(CCc4ccccc4)cc(=O)c3c2)[C@H](O)[C@@H](O)[C@@H]1O. The molecule has 2 heterocycles. The zero-order valence-corrected chi connectivity index (χ0v) is 20.6. The van der Waals surface area contributed by atoms with Crippen LogP contribution in [0.3, 0.4) is 0 Å². The molecule has 2 aromatic carbocycles. The number of aryl methyl sites for hydroxylation is 2. The number of aliphatic hydroxyl groups excluding tert-OH is 3. The summed E-state index contributed by atoms with van der Waals surface area (Å²) in [5, 5.41) is 39.6. The van der Waals surface area contributed by atoms with Crippen molar-refractivity contribution < 1.29 is 48.6 Å². The third-order valence-corrected chi connectivity index (χ3v) is 6.22. The second kappa shape index (κ2) is 11.9. The van der Waals surface area contributed by atoms with Crippen LogP contribution in [0.2, 0.25) is 5.02 Å². The number of halogens is 1. The van der Waals surface area contributed by atoms with Crippen LogP contribution in [0.4, 0.5) is 0 Å². The van der Waals surface area contributed by atoms with Gasteiger partial charge in [0.2, 0.25) is 6.29 Å². The van der Waals surface area contributed by atoms with E-state index in [2.05, 4.69) is 0 Å². The molecule has 1 aliphatic heterocycles. The summed E-state index contributed by atoms with van der Waals surface area (Å²) in [6, 6.07) is 13.7. The lowest BCUT2D eigenvalue weighted by Gasteiger charge is -2.39. The Morgan fingerprint density at radius 2 is 1.71 bits per heavy atom. The van der Waals surface area contributed by atoms with Crippen LogP contribution in [-0.4, -0.2) is 69.7 Å². The van der Waals surface area contributed by atoms with E-state index in [0.717, 1.165) is 5.56 Å². The molecule has 0 bridgehead atoms.